The van der Waals surface area contributed by atoms with Gasteiger partial charge >= 0.3 is 5.97 Å². The lowest BCUT2D eigenvalue weighted by Crippen LogP contribution is -2.27. The van der Waals surface area contributed by atoms with Gasteiger partial charge in [0.1, 0.15) is 11.4 Å². The molecule has 0 saturated heterocycles. The second-order valence-electron chi connectivity index (χ2n) is 5.00. The molecule has 0 aliphatic carbocycles. The molecule has 3 N–H and O–H groups in total. The van der Waals surface area contributed by atoms with Crippen LogP contribution in [0.25, 0.3) is 0 Å². The number of carbonyl (C=O) groups is 1. The molecule has 0 amide bonds. The summed E-state index contributed by atoms with van der Waals surface area (Å²) in [5.41, 5.74) is 8.35. The van der Waals surface area contributed by atoms with Gasteiger partial charge in [0, 0.05) is 11.7 Å². The zero-order chi connectivity index (χ0) is 14.3. The fraction of sp³-hybridized carbons (Fsp3) is 0.200. The molecule has 1 aromatic heterocycles. The number of aromatic nitrogens is 1. The number of rotatable bonds is 2. The van der Waals surface area contributed by atoms with E-state index in [1.807, 2.05) is 23.1 Å². The predicted octanol–water partition coefficient (Wildman–Crippen LogP) is 2.44. The monoisotopic (exact) mass is 269 g/mol. The summed E-state index contributed by atoms with van der Waals surface area (Å²) in [7, 11) is 0. The molecule has 1 aliphatic rings. The van der Waals surface area contributed by atoms with Gasteiger partial charge in [-0.05, 0) is 31.0 Å². The Hall–Kier alpha value is -2.56. The van der Waals surface area contributed by atoms with E-state index < -0.39 is 5.97 Å². The Kier molecular flexibility index (Phi) is 2.82. The lowest BCUT2D eigenvalue weighted by atomic mass is 10.1. The first kappa shape index (κ1) is 12.5. The van der Waals surface area contributed by atoms with Crippen molar-refractivity contribution in [3.05, 3.63) is 47.7 Å². The molecule has 0 bridgehead atoms. The third-order valence-corrected chi connectivity index (χ3v) is 3.55. The van der Waals surface area contributed by atoms with E-state index in [0.717, 1.165) is 12.1 Å². The van der Waals surface area contributed by atoms with E-state index in [1.165, 1.54) is 17.8 Å². The SMILES string of the molecule is CC1Cc2ccccc2N1c1ncc(N)cc1C(=O)O. The van der Waals surface area contributed by atoms with Crippen LogP contribution < -0.4 is 10.6 Å². The Morgan fingerprint density at radius 1 is 1.45 bits per heavy atom. The molecule has 0 fully saturated rings. The van der Waals surface area contributed by atoms with E-state index in [-0.39, 0.29) is 11.6 Å². The van der Waals surface area contributed by atoms with Gasteiger partial charge in [0.25, 0.3) is 0 Å². The second kappa shape index (κ2) is 4.52. The molecule has 0 spiro atoms. The number of anilines is 3. The van der Waals surface area contributed by atoms with Crippen LogP contribution in [0.5, 0.6) is 0 Å². The van der Waals surface area contributed by atoms with E-state index in [0.29, 0.717) is 11.5 Å². The Morgan fingerprint density at radius 2 is 2.20 bits per heavy atom. The maximum absolute atomic E-state index is 11.4. The topological polar surface area (TPSA) is 79.5 Å². The highest BCUT2D eigenvalue weighted by atomic mass is 16.4. The maximum Gasteiger partial charge on any atom is 0.339 e. The summed E-state index contributed by atoms with van der Waals surface area (Å²) >= 11 is 0. The first-order valence-corrected chi connectivity index (χ1v) is 6.44. The molecule has 2 heterocycles. The van der Waals surface area contributed by atoms with Crippen molar-refractivity contribution in [3.8, 4) is 0 Å². The van der Waals surface area contributed by atoms with Crippen molar-refractivity contribution in [3.63, 3.8) is 0 Å². The van der Waals surface area contributed by atoms with Gasteiger partial charge in [-0.1, -0.05) is 18.2 Å². The average molecular weight is 269 g/mol. The number of fused-ring (bicyclic) bond motifs is 1. The van der Waals surface area contributed by atoms with Crippen LogP contribution in [0, 0.1) is 0 Å². The van der Waals surface area contributed by atoms with Gasteiger partial charge in [-0.15, -0.1) is 0 Å². The van der Waals surface area contributed by atoms with Gasteiger partial charge in [0.2, 0.25) is 0 Å². The van der Waals surface area contributed by atoms with Crippen LogP contribution in [-0.4, -0.2) is 22.1 Å². The number of hydrogen-bond acceptors (Lipinski definition) is 4. The van der Waals surface area contributed by atoms with Crippen molar-refractivity contribution < 1.29 is 9.90 Å². The number of hydrogen-bond donors (Lipinski definition) is 2. The van der Waals surface area contributed by atoms with Gasteiger partial charge in [-0.3, -0.25) is 0 Å². The molecular formula is C15H15N3O2. The molecule has 0 saturated carbocycles. The van der Waals surface area contributed by atoms with Crippen LogP contribution in [0.2, 0.25) is 0 Å². The Balaban J connectivity index is 2.17. The summed E-state index contributed by atoms with van der Waals surface area (Å²) < 4.78 is 0. The highest BCUT2D eigenvalue weighted by Crippen LogP contribution is 2.38. The lowest BCUT2D eigenvalue weighted by molar-refractivity contribution is 0.0697. The van der Waals surface area contributed by atoms with Gasteiger partial charge in [-0.25, -0.2) is 9.78 Å². The van der Waals surface area contributed by atoms with Crippen LogP contribution in [0.4, 0.5) is 17.2 Å². The number of para-hydroxylation sites is 1. The van der Waals surface area contributed by atoms with Crippen molar-refractivity contribution in [1.82, 2.24) is 4.98 Å². The second-order valence-corrected chi connectivity index (χ2v) is 5.00. The molecule has 2 aromatic rings. The third kappa shape index (κ3) is 1.87. The zero-order valence-electron chi connectivity index (χ0n) is 11.1. The van der Waals surface area contributed by atoms with Crippen LogP contribution in [-0.2, 0) is 6.42 Å². The smallest absolute Gasteiger partial charge is 0.339 e. The summed E-state index contributed by atoms with van der Waals surface area (Å²) in [5.74, 6) is -0.569. The van der Waals surface area contributed by atoms with Gasteiger partial charge in [0.15, 0.2) is 0 Å². The molecule has 1 unspecified atom stereocenters. The zero-order valence-corrected chi connectivity index (χ0v) is 11.1. The number of benzene rings is 1. The summed E-state index contributed by atoms with van der Waals surface area (Å²) in [6.07, 6.45) is 2.37. The molecule has 0 radical (unpaired) electrons. The van der Waals surface area contributed by atoms with Crippen molar-refractivity contribution in [2.45, 2.75) is 19.4 Å². The minimum absolute atomic E-state index is 0.133. The quantitative estimate of drug-likeness (QED) is 0.875. The fourth-order valence-corrected chi connectivity index (χ4v) is 2.71. The molecular weight excluding hydrogens is 254 g/mol. The molecule has 20 heavy (non-hydrogen) atoms. The standard InChI is InChI=1S/C15H15N3O2/c1-9-6-10-4-2-3-5-13(10)18(9)14-12(15(19)20)7-11(16)8-17-14/h2-5,7-9H,6,16H2,1H3,(H,19,20). The number of nitrogens with zero attached hydrogens (tertiary/aromatic N) is 2. The molecule has 3 rings (SSSR count). The molecule has 1 aliphatic heterocycles. The van der Waals surface area contributed by atoms with Crippen LogP contribution in [0.1, 0.15) is 22.8 Å². The number of nitrogens with two attached hydrogens (primary N) is 1. The minimum Gasteiger partial charge on any atom is -0.478 e. The number of carboxylic acid groups (broad SMARTS) is 1. The molecule has 1 atom stereocenters. The number of aromatic carboxylic acids is 1. The largest absolute Gasteiger partial charge is 0.478 e. The summed E-state index contributed by atoms with van der Waals surface area (Å²) in [6, 6.07) is 9.61. The normalized spacial score (nSPS) is 17.1. The van der Waals surface area contributed by atoms with Gasteiger partial charge < -0.3 is 15.7 Å². The Bertz CT molecular complexity index is 685. The number of carboxylic acids is 1. The van der Waals surface area contributed by atoms with Crippen LogP contribution >= 0.6 is 0 Å². The molecule has 102 valence electrons. The highest BCUT2D eigenvalue weighted by molar-refractivity contribution is 5.96. The van der Waals surface area contributed by atoms with Crippen molar-refractivity contribution >= 4 is 23.2 Å². The van der Waals surface area contributed by atoms with Crippen molar-refractivity contribution in [1.29, 1.82) is 0 Å². The molecule has 1 aromatic carbocycles. The van der Waals surface area contributed by atoms with E-state index in [9.17, 15) is 9.90 Å². The van der Waals surface area contributed by atoms with Crippen LogP contribution in [0.15, 0.2) is 36.5 Å². The summed E-state index contributed by atoms with van der Waals surface area (Å²) in [4.78, 5) is 17.6. The lowest BCUT2D eigenvalue weighted by Gasteiger charge is -2.25. The fourth-order valence-electron chi connectivity index (χ4n) is 2.71. The molecule has 5 nitrogen and oxygen atoms in total. The Morgan fingerprint density at radius 3 is 2.95 bits per heavy atom. The van der Waals surface area contributed by atoms with E-state index in [1.54, 1.807) is 0 Å². The van der Waals surface area contributed by atoms with E-state index >= 15 is 0 Å². The minimum atomic E-state index is -1.02. The summed E-state index contributed by atoms with van der Waals surface area (Å²) in [6.45, 7) is 2.06. The maximum atomic E-state index is 11.4. The third-order valence-electron chi connectivity index (χ3n) is 3.55. The number of nitrogen functional groups attached to an aromatic ring is 1. The van der Waals surface area contributed by atoms with Gasteiger partial charge in [0.05, 0.1) is 11.9 Å². The van der Waals surface area contributed by atoms with E-state index in [2.05, 4.69) is 18.0 Å². The first-order valence-electron chi connectivity index (χ1n) is 6.44. The molecule has 5 heteroatoms. The van der Waals surface area contributed by atoms with E-state index in [4.69, 9.17) is 5.73 Å². The predicted molar refractivity (Wildman–Crippen MR) is 77.4 cm³/mol. The average Bonchev–Trinajstić information content (AvgIpc) is 2.74. The summed E-state index contributed by atoms with van der Waals surface area (Å²) in [5, 5.41) is 9.36. The highest BCUT2D eigenvalue weighted by Gasteiger charge is 2.30. The van der Waals surface area contributed by atoms with Crippen molar-refractivity contribution in [2.24, 2.45) is 0 Å². The first-order chi connectivity index (χ1) is 9.58. The number of pyridine rings is 1. The Labute approximate surface area is 116 Å². The van der Waals surface area contributed by atoms with Crippen molar-refractivity contribution in [2.75, 3.05) is 10.6 Å². The van der Waals surface area contributed by atoms with Crippen LogP contribution in [0.3, 0.4) is 0 Å². The van der Waals surface area contributed by atoms with Gasteiger partial charge in [-0.2, -0.15) is 0 Å².